The molecule has 0 bridgehead atoms. The minimum Gasteiger partial charge on any atom is -0.377 e. The molecule has 1 aliphatic rings. The van der Waals surface area contributed by atoms with Gasteiger partial charge in [0.05, 0.1) is 12.3 Å². The summed E-state index contributed by atoms with van der Waals surface area (Å²) in [6.45, 7) is 3.57. The van der Waals surface area contributed by atoms with Crippen molar-refractivity contribution in [3.8, 4) is 5.69 Å². The normalized spacial score (nSPS) is 13.8. The fourth-order valence-corrected chi connectivity index (χ4v) is 4.06. The third-order valence-corrected chi connectivity index (χ3v) is 6.04. The molecule has 0 N–H and O–H groups in total. The van der Waals surface area contributed by atoms with E-state index in [-0.39, 0.29) is 5.69 Å². The van der Waals surface area contributed by atoms with Gasteiger partial charge in [-0.3, -0.25) is 0 Å². The predicted molar refractivity (Wildman–Crippen MR) is 120 cm³/mol. The van der Waals surface area contributed by atoms with E-state index in [2.05, 4.69) is 23.4 Å². The number of rotatable bonds is 15. The zero-order chi connectivity index (χ0) is 21.2. The van der Waals surface area contributed by atoms with Crippen molar-refractivity contribution >= 4 is 0 Å². The van der Waals surface area contributed by atoms with Crippen LogP contribution < -0.4 is 5.69 Å². The van der Waals surface area contributed by atoms with Crippen molar-refractivity contribution in [1.29, 1.82) is 0 Å². The van der Waals surface area contributed by atoms with Crippen LogP contribution in [0.25, 0.3) is 5.69 Å². The molecule has 166 valence electrons. The Morgan fingerprint density at radius 1 is 0.967 bits per heavy atom. The molecule has 0 amide bonds. The summed E-state index contributed by atoms with van der Waals surface area (Å²) < 4.78 is 8.70. The van der Waals surface area contributed by atoms with Crippen LogP contribution in [0.4, 0.5) is 0 Å². The van der Waals surface area contributed by atoms with Crippen LogP contribution in [0.2, 0.25) is 0 Å². The third kappa shape index (κ3) is 6.53. The average molecular weight is 415 g/mol. The fraction of sp³-hybridized carbons (Fsp3) is 0.708. The van der Waals surface area contributed by atoms with E-state index in [9.17, 15) is 4.79 Å². The summed E-state index contributed by atoms with van der Waals surface area (Å²) in [5, 5.41) is 7.90. The monoisotopic (exact) mass is 414 g/mol. The highest BCUT2D eigenvalue weighted by Crippen LogP contribution is 2.42. The number of nitrogens with zero attached hydrogens (tertiary/aromatic N) is 4. The number of aryl methyl sites for hydroxylation is 1. The predicted octanol–water partition coefficient (Wildman–Crippen LogP) is 5.28. The molecule has 1 fully saturated rings. The van der Waals surface area contributed by atoms with Crippen LogP contribution in [0.1, 0.15) is 101 Å². The lowest BCUT2D eigenvalue weighted by Crippen LogP contribution is -2.23. The van der Waals surface area contributed by atoms with Gasteiger partial charge in [-0.15, -0.1) is 0 Å². The Hall–Kier alpha value is -1.95. The largest absolute Gasteiger partial charge is 0.377 e. The van der Waals surface area contributed by atoms with Gasteiger partial charge in [0.15, 0.2) is 0 Å². The van der Waals surface area contributed by atoms with Crippen LogP contribution in [0.15, 0.2) is 23.0 Å². The van der Waals surface area contributed by atoms with Crippen LogP contribution in [-0.2, 0) is 18.4 Å². The van der Waals surface area contributed by atoms with E-state index in [1.54, 1.807) is 7.05 Å². The van der Waals surface area contributed by atoms with Crippen molar-refractivity contribution < 1.29 is 4.74 Å². The number of hydrogen-bond acceptors (Lipinski definition) is 4. The summed E-state index contributed by atoms with van der Waals surface area (Å²) in [6, 6.07) is 6.12. The van der Waals surface area contributed by atoms with E-state index in [0.717, 1.165) is 24.3 Å². The van der Waals surface area contributed by atoms with Crippen molar-refractivity contribution in [2.75, 3.05) is 6.61 Å². The van der Waals surface area contributed by atoms with Gasteiger partial charge in [-0.2, -0.15) is 9.36 Å². The van der Waals surface area contributed by atoms with Crippen molar-refractivity contribution in [2.24, 2.45) is 7.05 Å². The van der Waals surface area contributed by atoms with Crippen molar-refractivity contribution in [1.82, 2.24) is 19.8 Å². The molecule has 0 aliphatic heterocycles. The molecular formula is C24H38N4O2. The van der Waals surface area contributed by atoms with Gasteiger partial charge in [-0.1, -0.05) is 76.8 Å². The van der Waals surface area contributed by atoms with Crippen LogP contribution in [0.5, 0.6) is 0 Å². The summed E-state index contributed by atoms with van der Waals surface area (Å²) in [4.78, 5) is 12.4. The minimum absolute atomic E-state index is 0.223. The SMILES string of the molecule is CCCCCCCCCCCCOCc1c(C2CC2)cccc1-n1nnn(C)c1=O. The lowest BCUT2D eigenvalue weighted by molar-refractivity contribution is 0.116. The molecule has 0 saturated heterocycles. The molecular weight excluding hydrogens is 376 g/mol. The van der Waals surface area contributed by atoms with Crippen LogP contribution in [0.3, 0.4) is 0 Å². The van der Waals surface area contributed by atoms with E-state index in [1.807, 2.05) is 12.1 Å². The molecule has 30 heavy (non-hydrogen) atoms. The summed E-state index contributed by atoms with van der Waals surface area (Å²) in [7, 11) is 1.62. The Morgan fingerprint density at radius 3 is 2.23 bits per heavy atom. The van der Waals surface area contributed by atoms with Gasteiger partial charge in [0, 0.05) is 19.2 Å². The summed E-state index contributed by atoms with van der Waals surface area (Å²) in [6.07, 6.45) is 15.7. The lowest BCUT2D eigenvalue weighted by Gasteiger charge is -2.14. The van der Waals surface area contributed by atoms with Crippen LogP contribution >= 0.6 is 0 Å². The van der Waals surface area contributed by atoms with Gasteiger partial charge in [0.1, 0.15) is 0 Å². The van der Waals surface area contributed by atoms with E-state index < -0.39 is 0 Å². The number of aromatic nitrogens is 4. The van der Waals surface area contributed by atoms with E-state index in [1.165, 1.54) is 85.6 Å². The number of hydrogen-bond donors (Lipinski definition) is 0. The first-order valence-corrected chi connectivity index (χ1v) is 11.9. The van der Waals surface area contributed by atoms with Crippen molar-refractivity contribution in [2.45, 2.75) is 96.5 Å². The number of tetrazole rings is 1. The maximum absolute atomic E-state index is 12.4. The van der Waals surface area contributed by atoms with Crippen LogP contribution in [-0.4, -0.2) is 26.4 Å². The number of benzene rings is 1. The molecule has 0 radical (unpaired) electrons. The molecule has 1 aromatic carbocycles. The summed E-state index contributed by atoms with van der Waals surface area (Å²) in [5.41, 5.74) is 2.97. The smallest absolute Gasteiger partial charge is 0.368 e. The fourth-order valence-electron chi connectivity index (χ4n) is 4.06. The molecule has 1 aliphatic carbocycles. The molecule has 3 rings (SSSR count). The zero-order valence-electron chi connectivity index (χ0n) is 18.8. The van der Waals surface area contributed by atoms with Gasteiger partial charge in [-0.25, -0.2) is 4.79 Å². The number of unbranched alkanes of at least 4 members (excludes halogenated alkanes) is 9. The highest BCUT2D eigenvalue weighted by molar-refractivity contribution is 5.47. The van der Waals surface area contributed by atoms with Crippen molar-refractivity contribution in [3.63, 3.8) is 0 Å². The van der Waals surface area contributed by atoms with Crippen LogP contribution in [0, 0.1) is 0 Å². The zero-order valence-corrected chi connectivity index (χ0v) is 18.8. The maximum Gasteiger partial charge on any atom is 0.368 e. The first-order valence-electron chi connectivity index (χ1n) is 11.9. The highest BCUT2D eigenvalue weighted by atomic mass is 16.5. The molecule has 1 heterocycles. The molecule has 6 nitrogen and oxygen atoms in total. The summed E-state index contributed by atoms with van der Waals surface area (Å²) >= 11 is 0. The van der Waals surface area contributed by atoms with Gasteiger partial charge in [0.2, 0.25) is 0 Å². The van der Waals surface area contributed by atoms with Crippen molar-refractivity contribution in [3.05, 3.63) is 39.8 Å². The quantitative estimate of drug-likeness (QED) is 0.372. The van der Waals surface area contributed by atoms with E-state index in [4.69, 9.17) is 4.74 Å². The second-order valence-corrected chi connectivity index (χ2v) is 8.65. The highest BCUT2D eigenvalue weighted by Gasteiger charge is 2.28. The molecule has 1 saturated carbocycles. The topological polar surface area (TPSA) is 61.9 Å². The molecule has 0 unspecified atom stereocenters. The average Bonchev–Trinajstić information content (AvgIpc) is 3.55. The Bertz CT molecular complexity index is 823. The second kappa shape index (κ2) is 12.0. The molecule has 0 atom stereocenters. The van der Waals surface area contributed by atoms with E-state index in [0.29, 0.717) is 12.5 Å². The third-order valence-electron chi connectivity index (χ3n) is 6.04. The Balaban J connectivity index is 1.43. The van der Waals surface area contributed by atoms with Gasteiger partial charge in [0.25, 0.3) is 0 Å². The van der Waals surface area contributed by atoms with Gasteiger partial charge < -0.3 is 4.74 Å². The molecule has 2 aromatic rings. The molecule has 0 spiro atoms. The maximum atomic E-state index is 12.4. The Kier molecular flexibility index (Phi) is 9.12. The molecule has 1 aromatic heterocycles. The lowest BCUT2D eigenvalue weighted by atomic mass is 10.0. The van der Waals surface area contributed by atoms with E-state index >= 15 is 0 Å². The Morgan fingerprint density at radius 2 is 1.63 bits per heavy atom. The summed E-state index contributed by atoms with van der Waals surface area (Å²) in [5.74, 6) is 0.591. The first-order chi connectivity index (χ1) is 14.7. The van der Waals surface area contributed by atoms with Gasteiger partial charge in [-0.05, 0) is 47.2 Å². The second-order valence-electron chi connectivity index (χ2n) is 8.65. The van der Waals surface area contributed by atoms with Gasteiger partial charge >= 0.3 is 5.69 Å². The number of ether oxygens (including phenoxy) is 1. The minimum atomic E-state index is -0.223. The Labute approximate surface area is 180 Å². The first kappa shape index (κ1) is 22.7. The standard InChI is InChI=1S/C24H38N4O2/c1-3-4-5-6-7-8-9-10-11-12-18-30-19-22-21(20-16-17-20)14-13-15-23(22)28-24(29)27(2)25-26-28/h13-15,20H,3-12,16-19H2,1-2H3. The molecule has 6 heteroatoms.